The molecule has 172 valence electrons. The highest BCUT2D eigenvalue weighted by atomic mass is 127. The quantitative estimate of drug-likeness (QED) is 0.143. The fourth-order valence-electron chi connectivity index (χ4n) is 4.14. The smallest absolute Gasteiger partial charge is 0.119 e. The van der Waals surface area contributed by atoms with Gasteiger partial charge in [-0.2, -0.15) is 0 Å². The summed E-state index contributed by atoms with van der Waals surface area (Å²) < 4.78 is 9.21. The molecule has 1 heterocycles. The lowest BCUT2D eigenvalue weighted by atomic mass is 10.1. The van der Waals surface area contributed by atoms with Crippen LogP contribution >= 0.6 is 22.6 Å². The first kappa shape index (κ1) is 23.1. The van der Waals surface area contributed by atoms with E-state index in [1.807, 2.05) is 49.5 Å². The number of ether oxygens (including phenoxy) is 1. The Kier molecular flexibility index (Phi) is 7.09. The number of halogens is 1. The molecule has 0 unspecified atom stereocenters. The number of benzene rings is 4. The van der Waals surface area contributed by atoms with Crippen molar-refractivity contribution in [2.75, 3.05) is 6.61 Å². The van der Waals surface area contributed by atoms with Gasteiger partial charge in [0.05, 0.1) is 23.7 Å². The van der Waals surface area contributed by atoms with Crippen LogP contribution in [0.3, 0.4) is 0 Å². The predicted octanol–water partition coefficient (Wildman–Crippen LogP) is 8.57. The molecule has 0 N–H and O–H groups in total. The minimum absolute atomic E-state index is 0.645. The monoisotopic (exact) mass is 568 g/mol. The number of nitrogens with zero attached hydrogens (tertiary/aromatic N) is 2. The Bertz CT molecular complexity index is 1420. The number of hydrogen-bond acceptors (Lipinski definition) is 2. The fourth-order valence-corrected chi connectivity index (χ4v) is 4.50. The molecule has 0 radical (unpaired) electrons. The molecular weight excluding hydrogens is 543 g/mol. The molecule has 0 bridgehead atoms. The third kappa shape index (κ3) is 5.23. The van der Waals surface area contributed by atoms with Gasteiger partial charge in [0.25, 0.3) is 0 Å². The first-order valence-electron chi connectivity index (χ1n) is 11.6. The van der Waals surface area contributed by atoms with Gasteiger partial charge in [0.1, 0.15) is 5.75 Å². The Morgan fingerprint density at radius 1 is 0.771 bits per heavy atom. The van der Waals surface area contributed by atoms with Crippen LogP contribution in [0.4, 0.5) is 5.69 Å². The van der Waals surface area contributed by atoms with Crippen LogP contribution in [0.25, 0.3) is 28.2 Å². The van der Waals surface area contributed by atoms with E-state index in [1.165, 1.54) is 3.57 Å². The summed E-state index contributed by atoms with van der Waals surface area (Å²) in [6.07, 6.45) is 1.97. The molecule has 0 atom stereocenters. The summed E-state index contributed by atoms with van der Waals surface area (Å²) in [7, 11) is 0. The minimum Gasteiger partial charge on any atom is -0.494 e. The van der Waals surface area contributed by atoms with Crippen molar-refractivity contribution in [1.29, 1.82) is 0 Å². The second kappa shape index (κ2) is 10.7. The van der Waals surface area contributed by atoms with Gasteiger partial charge in [-0.15, -0.1) is 0 Å². The first-order chi connectivity index (χ1) is 17.2. The summed E-state index contributed by atoms with van der Waals surface area (Å²) >= 11 is 2.31. The highest BCUT2D eigenvalue weighted by Gasteiger charge is 2.18. The predicted molar refractivity (Wildman–Crippen MR) is 154 cm³/mol. The van der Waals surface area contributed by atoms with Gasteiger partial charge in [0.15, 0.2) is 0 Å². The normalized spacial score (nSPS) is 11.1. The van der Waals surface area contributed by atoms with Crippen molar-refractivity contribution in [3.63, 3.8) is 0 Å². The van der Waals surface area contributed by atoms with Crippen molar-refractivity contribution < 1.29 is 4.74 Å². The van der Waals surface area contributed by atoms with Gasteiger partial charge in [-0.05, 0) is 95.2 Å². The fraction of sp³-hybridized carbons (Fsp3) is 0.0645. The lowest BCUT2D eigenvalue weighted by Crippen LogP contribution is -2.01. The molecule has 4 aromatic carbocycles. The zero-order valence-electron chi connectivity index (χ0n) is 19.4. The summed E-state index contributed by atoms with van der Waals surface area (Å²) in [5, 5.41) is 0. The number of aromatic nitrogens is 1. The second-order valence-electron chi connectivity index (χ2n) is 8.06. The lowest BCUT2D eigenvalue weighted by molar-refractivity contribution is 0.340. The summed E-state index contributed by atoms with van der Waals surface area (Å²) in [4.78, 5) is 4.82. The van der Waals surface area contributed by atoms with Gasteiger partial charge in [0.2, 0.25) is 0 Å². The maximum atomic E-state index is 5.70. The van der Waals surface area contributed by atoms with E-state index in [0.29, 0.717) is 6.61 Å². The molecule has 4 heteroatoms. The van der Waals surface area contributed by atoms with Gasteiger partial charge >= 0.3 is 0 Å². The third-order valence-corrected chi connectivity index (χ3v) is 6.45. The maximum Gasteiger partial charge on any atom is 0.119 e. The maximum absolute atomic E-state index is 5.70. The molecule has 0 aliphatic heterocycles. The molecule has 0 aliphatic carbocycles. The third-order valence-electron chi connectivity index (χ3n) is 5.73. The Labute approximate surface area is 219 Å². The van der Waals surface area contributed by atoms with E-state index in [0.717, 1.165) is 45.2 Å². The zero-order chi connectivity index (χ0) is 24.0. The Morgan fingerprint density at radius 2 is 1.40 bits per heavy atom. The van der Waals surface area contributed by atoms with Crippen molar-refractivity contribution in [2.45, 2.75) is 6.92 Å². The summed E-state index contributed by atoms with van der Waals surface area (Å²) in [6.45, 7) is 2.65. The SMILES string of the molecule is CCOc1ccc(-n2c(-c3ccccc3)cc(C=Nc3ccc(I)cc3)c2-c2ccccc2)cc1. The molecule has 3 nitrogen and oxygen atoms in total. The summed E-state index contributed by atoms with van der Waals surface area (Å²) in [5.74, 6) is 0.867. The lowest BCUT2D eigenvalue weighted by Gasteiger charge is -2.15. The molecule has 0 saturated carbocycles. The number of rotatable bonds is 7. The number of hydrogen-bond donors (Lipinski definition) is 0. The van der Waals surface area contributed by atoms with Gasteiger partial charge in [0, 0.05) is 21.0 Å². The molecule has 0 amide bonds. The van der Waals surface area contributed by atoms with Crippen molar-refractivity contribution in [3.8, 4) is 34.0 Å². The van der Waals surface area contributed by atoms with Crippen LogP contribution in [-0.2, 0) is 0 Å². The van der Waals surface area contributed by atoms with E-state index in [4.69, 9.17) is 9.73 Å². The molecule has 35 heavy (non-hydrogen) atoms. The van der Waals surface area contributed by atoms with E-state index >= 15 is 0 Å². The molecule has 1 aromatic heterocycles. The largest absolute Gasteiger partial charge is 0.494 e. The van der Waals surface area contributed by atoms with Crippen LogP contribution in [0.1, 0.15) is 12.5 Å². The number of aliphatic imine (C=N–C) groups is 1. The molecule has 5 aromatic rings. The average molecular weight is 568 g/mol. The highest BCUT2D eigenvalue weighted by Crippen LogP contribution is 2.36. The Hall–Kier alpha value is -3.64. The molecular formula is C31H25IN2O. The van der Waals surface area contributed by atoms with Crippen LogP contribution in [0.5, 0.6) is 5.75 Å². The summed E-state index contributed by atoms with van der Waals surface area (Å²) in [5.41, 5.74) is 7.54. The van der Waals surface area contributed by atoms with Gasteiger partial charge in [-0.3, -0.25) is 4.99 Å². The van der Waals surface area contributed by atoms with E-state index in [-0.39, 0.29) is 0 Å². The van der Waals surface area contributed by atoms with Crippen molar-refractivity contribution in [1.82, 2.24) is 4.57 Å². The highest BCUT2D eigenvalue weighted by molar-refractivity contribution is 14.1. The van der Waals surface area contributed by atoms with Gasteiger partial charge in [-0.25, -0.2) is 0 Å². The van der Waals surface area contributed by atoms with Gasteiger partial charge in [-0.1, -0.05) is 60.7 Å². The average Bonchev–Trinajstić information content (AvgIpc) is 3.29. The van der Waals surface area contributed by atoms with E-state index in [1.54, 1.807) is 0 Å². The van der Waals surface area contributed by atoms with E-state index < -0.39 is 0 Å². The van der Waals surface area contributed by atoms with E-state index in [2.05, 4.69) is 106 Å². The minimum atomic E-state index is 0.645. The Balaban J connectivity index is 1.73. The van der Waals surface area contributed by atoms with Crippen molar-refractivity contribution >= 4 is 34.5 Å². The standard InChI is InChI=1S/C31H25IN2O/c1-2-35-29-19-17-28(18-20-29)34-30(23-9-5-3-6-10-23)21-25(31(34)24-11-7-4-8-12-24)22-33-27-15-13-26(32)14-16-27/h3-22H,2H2,1H3. The molecule has 0 aliphatic rings. The summed E-state index contributed by atoms with van der Waals surface area (Å²) in [6, 6.07) is 39.7. The van der Waals surface area contributed by atoms with Crippen molar-refractivity contribution in [3.05, 3.63) is 124 Å². The van der Waals surface area contributed by atoms with E-state index in [9.17, 15) is 0 Å². The molecule has 0 spiro atoms. The second-order valence-corrected chi connectivity index (χ2v) is 9.31. The molecule has 5 rings (SSSR count). The Morgan fingerprint density at radius 3 is 2.03 bits per heavy atom. The van der Waals surface area contributed by atoms with Crippen LogP contribution in [0.2, 0.25) is 0 Å². The van der Waals surface area contributed by atoms with Crippen LogP contribution in [0, 0.1) is 3.57 Å². The first-order valence-corrected chi connectivity index (χ1v) is 12.7. The molecule has 0 fully saturated rings. The zero-order valence-corrected chi connectivity index (χ0v) is 21.6. The topological polar surface area (TPSA) is 26.5 Å². The van der Waals surface area contributed by atoms with Crippen molar-refractivity contribution in [2.24, 2.45) is 4.99 Å². The van der Waals surface area contributed by atoms with Crippen LogP contribution in [0.15, 0.2) is 120 Å². The molecule has 0 saturated heterocycles. The van der Waals surface area contributed by atoms with Gasteiger partial charge < -0.3 is 9.30 Å². The van der Waals surface area contributed by atoms with Crippen LogP contribution in [-0.4, -0.2) is 17.4 Å². The van der Waals surface area contributed by atoms with Crippen LogP contribution < -0.4 is 4.74 Å².